The molecule has 0 amide bonds. The molecule has 0 saturated carbocycles. The minimum Gasteiger partial charge on any atom is -0.481 e. The van der Waals surface area contributed by atoms with Gasteiger partial charge in [-0.15, -0.1) is 13.2 Å². The minimum absolute atomic E-state index is 0.123. The Hall–Kier alpha value is -1.96. The number of methoxy groups -OCH3 is 1. The number of pyridine rings is 1. The number of hydrogen-bond acceptors (Lipinski definition) is 4. The molecule has 0 aliphatic carbocycles. The average Bonchev–Trinajstić information content (AvgIpc) is 2.41. The van der Waals surface area contributed by atoms with E-state index in [9.17, 15) is 13.2 Å². The summed E-state index contributed by atoms with van der Waals surface area (Å²) in [5.74, 6) is 0.800. The molecular weight excluding hydrogens is 355 g/mol. The minimum atomic E-state index is -4.75. The molecule has 0 unspecified atom stereocenters. The number of benzene rings is 1. The lowest BCUT2D eigenvalue weighted by atomic mass is 10.3. The van der Waals surface area contributed by atoms with Gasteiger partial charge >= 0.3 is 6.36 Å². The van der Waals surface area contributed by atoms with Crippen LogP contribution in [0.1, 0.15) is 0 Å². The number of ether oxygens (including phenoxy) is 3. The van der Waals surface area contributed by atoms with Gasteiger partial charge in [-0.05, 0) is 40.2 Å². The highest BCUT2D eigenvalue weighted by molar-refractivity contribution is 9.10. The third kappa shape index (κ3) is 4.52. The summed E-state index contributed by atoms with van der Waals surface area (Å²) in [6.45, 7) is 0. The van der Waals surface area contributed by atoms with Crippen LogP contribution in [0.2, 0.25) is 0 Å². The second kappa shape index (κ2) is 6.21. The first-order valence-electron chi connectivity index (χ1n) is 5.60. The normalized spacial score (nSPS) is 11.1. The van der Waals surface area contributed by atoms with Gasteiger partial charge in [0.1, 0.15) is 17.2 Å². The van der Waals surface area contributed by atoms with Crippen molar-refractivity contribution < 1.29 is 27.4 Å². The maximum atomic E-state index is 12.2. The van der Waals surface area contributed by atoms with E-state index in [-0.39, 0.29) is 10.2 Å². The molecule has 4 nitrogen and oxygen atoms in total. The molecule has 21 heavy (non-hydrogen) atoms. The SMILES string of the molecule is COc1cc(Oc2ccc(OC(F)(F)F)c(Br)c2)ccn1. The summed E-state index contributed by atoms with van der Waals surface area (Å²) < 4.78 is 50.9. The Morgan fingerprint density at radius 3 is 2.43 bits per heavy atom. The highest BCUT2D eigenvalue weighted by Crippen LogP contribution is 2.34. The highest BCUT2D eigenvalue weighted by Gasteiger charge is 2.32. The molecule has 1 aromatic carbocycles. The number of alkyl halides is 3. The molecule has 2 rings (SSSR count). The topological polar surface area (TPSA) is 40.6 Å². The van der Waals surface area contributed by atoms with Crippen LogP contribution in [0.15, 0.2) is 41.0 Å². The van der Waals surface area contributed by atoms with Gasteiger partial charge in [0.05, 0.1) is 11.6 Å². The van der Waals surface area contributed by atoms with Crippen molar-refractivity contribution in [2.75, 3.05) is 7.11 Å². The molecule has 1 aromatic heterocycles. The van der Waals surface area contributed by atoms with Gasteiger partial charge in [-0.1, -0.05) is 0 Å². The maximum absolute atomic E-state index is 12.2. The lowest BCUT2D eigenvalue weighted by molar-refractivity contribution is -0.274. The predicted molar refractivity (Wildman–Crippen MR) is 71.7 cm³/mol. The van der Waals surface area contributed by atoms with Gasteiger partial charge in [0.15, 0.2) is 0 Å². The van der Waals surface area contributed by atoms with Crippen molar-refractivity contribution in [3.05, 3.63) is 41.0 Å². The summed E-state index contributed by atoms with van der Waals surface area (Å²) in [7, 11) is 1.46. The van der Waals surface area contributed by atoms with Crippen LogP contribution in [-0.2, 0) is 0 Å². The summed E-state index contributed by atoms with van der Waals surface area (Å²) in [4.78, 5) is 3.91. The van der Waals surface area contributed by atoms with E-state index in [2.05, 4.69) is 25.7 Å². The largest absolute Gasteiger partial charge is 0.573 e. The van der Waals surface area contributed by atoms with Crippen molar-refractivity contribution in [3.8, 4) is 23.1 Å². The molecule has 0 bridgehead atoms. The van der Waals surface area contributed by atoms with E-state index in [4.69, 9.17) is 9.47 Å². The van der Waals surface area contributed by atoms with Crippen LogP contribution < -0.4 is 14.2 Å². The third-order valence-corrected chi connectivity index (χ3v) is 2.90. The summed E-state index contributed by atoms with van der Waals surface area (Å²) >= 11 is 3.00. The second-order valence-corrected chi connectivity index (χ2v) is 4.63. The number of nitrogens with zero attached hydrogens (tertiary/aromatic N) is 1. The van der Waals surface area contributed by atoms with Crippen LogP contribution in [0.3, 0.4) is 0 Å². The van der Waals surface area contributed by atoms with Crippen molar-refractivity contribution in [1.82, 2.24) is 4.98 Å². The summed E-state index contributed by atoms with van der Waals surface area (Å²) in [5.41, 5.74) is 0. The van der Waals surface area contributed by atoms with E-state index < -0.39 is 6.36 Å². The van der Waals surface area contributed by atoms with Gasteiger partial charge in [0.2, 0.25) is 5.88 Å². The van der Waals surface area contributed by atoms with Crippen molar-refractivity contribution in [2.45, 2.75) is 6.36 Å². The third-order valence-electron chi connectivity index (χ3n) is 2.28. The van der Waals surface area contributed by atoms with Crippen LogP contribution in [0.5, 0.6) is 23.1 Å². The fourth-order valence-electron chi connectivity index (χ4n) is 1.45. The Kier molecular flexibility index (Phi) is 4.56. The van der Waals surface area contributed by atoms with Gasteiger partial charge < -0.3 is 14.2 Å². The first-order valence-corrected chi connectivity index (χ1v) is 6.40. The summed E-state index contributed by atoms with van der Waals surface area (Å²) in [6.07, 6.45) is -3.26. The Bertz CT molecular complexity index is 634. The molecule has 8 heteroatoms. The van der Waals surface area contributed by atoms with E-state index in [0.29, 0.717) is 17.4 Å². The van der Waals surface area contributed by atoms with Crippen LogP contribution in [-0.4, -0.2) is 18.5 Å². The molecule has 0 saturated heterocycles. The predicted octanol–water partition coefficient (Wildman–Crippen LogP) is 4.54. The van der Waals surface area contributed by atoms with Crippen LogP contribution in [0.4, 0.5) is 13.2 Å². The summed E-state index contributed by atoms with van der Waals surface area (Å²) in [6, 6.07) is 7.03. The highest BCUT2D eigenvalue weighted by atomic mass is 79.9. The molecule has 0 spiro atoms. The van der Waals surface area contributed by atoms with Crippen LogP contribution >= 0.6 is 15.9 Å². The monoisotopic (exact) mass is 363 g/mol. The number of halogens is 4. The van der Waals surface area contributed by atoms with Crippen molar-refractivity contribution in [1.29, 1.82) is 0 Å². The molecule has 2 aromatic rings. The summed E-state index contributed by atoms with van der Waals surface area (Å²) in [5, 5.41) is 0. The number of hydrogen-bond donors (Lipinski definition) is 0. The fourth-order valence-corrected chi connectivity index (χ4v) is 1.89. The molecule has 0 fully saturated rings. The zero-order valence-electron chi connectivity index (χ0n) is 10.6. The Balaban J connectivity index is 2.16. The molecule has 0 N–H and O–H groups in total. The quantitative estimate of drug-likeness (QED) is 0.799. The first-order chi connectivity index (χ1) is 9.87. The van der Waals surface area contributed by atoms with E-state index in [1.807, 2.05) is 0 Å². The van der Waals surface area contributed by atoms with Crippen molar-refractivity contribution >= 4 is 15.9 Å². The van der Waals surface area contributed by atoms with Gasteiger partial charge in [0.25, 0.3) is 0 Å². The zero-order chi connectivity index (χ0) is 15.5. The van der Waals surface area contributed by atoms with E-state index in [0.717, 1.165) is 6.07 Å². The van der Waals surface area contributed by atoms with Crippen molar-refractivity contribution in [3.63, 3.8) is 0 Å². The Labute approximate surface area is 126 Å². The number of rotatable bonds is 4. The second-order valence-electron chi connectivity index (χ2n) is 3.78. The molecule has 0 atom stereocenters. The Morgan fingerprint density at radius 2 is 1.81 bits per heavy atom. The van der Waals surface area contributed by atoms with Gasteiger partial charge in [-0.2, -0.15) is 0 Å². The molecule has 1 heterocycles. The van der Waals surface area contributed by atoms with E-state index in [1.54, 1.807) is 12.1 Å². The van der Waals surface area contributed by atoms with Gasteiger partial charge in [0, 0.05) is 12.3 Å². The van der Waals surface area contributed by atoms with Crippen molar-refractivity contribution in [2.24, 2.45) is 0 Å². The van der Waals surface area contributed by atoms with E-state index >= 15 is 0 Å². The lowest BCUT2D eigenvalue weighted by Gasteiger charge is -2.12. The average molecular weight is 364 g/mol. The molecular formula is C13H9BrF3NO3. The molecule has 0 radical (unpaired) electrons. The first kappa shape index (κ1) is 15.4. The van der Waals surface area contributed by atoms with Crippen LogP contribution in [0.25, 0.3) is 0 Å². The van der Waals surface area contributed by atoms with E-state index in [1.165, 1.54) is 25.4 Å². The lowest BCUT2D eigenvalue weighted by Crippen LogP contribution is -2.17. The van der Waals surface area contributed by atoms with Gasteiger partial charge in [-0.3, -0.25) is 0 Å². The standard InChI is InChI=1S/C13H9BrF3NO3/c1-19-12-7-9(4-5-18-12)20-8-2-3-11(10(14)6-8)21-13(15,16)17/h2-7H,1H3. The van der Waals surface area contributed by atoms with Crippen LogP contribution in [0, 0.1) is 0 Å². The number of aromatic nitrogens is 1. The Morgan fingerprint density at radius 1 is 1.10 bits per heavy atom. The zero-order valence-corrected chi connectivity index (χ0v) is 12.2. The van der Waals surface area contributed by atoms with Gasteiger partial charge in [-0.25, -0.2) is 4.98 Å². The maximum Gasteiger partial charge on any atom is 0.573 e. The fraction of sp³-hybridized carbons (Fsp3) is 0.154. The molecule has 0 aliphatic heterocycles. The molecule has 0 aliphatic rings. The smallest absolute Gasteiger partial charge is 0.481 e. The molecule has 112 valence electrons.